The molecular weight excluding hydrogens is 307 g/mol. The number of aromatic nitrogens is 1. The highest BCUT2D eigenvalue weighted by Crippen LogP contribution is 2.16. The third kappa shape index (κ3) is 5.87. The maximum Gasteiger partial charge on any atom is 0.191 e. The molecule has 2 N–H and O–H groups in total. The number of rotatable bonds is 7. The van der Waals surface area contributed by atoms with Crippen LogP contribution in [0.15, 0.2) is 53.7 Å². The molecule has 1 aromatic carbocycles. The van der Waals surface area contributed by atoms with E-state index in [0.29, 0.717) is 12.5 Å². The van der Waals surface area contributed by atoms with Gasteiger partial charge in [-0.25, -0.2) is 4.39 Å². The quantitative estimate of drug-likeness (QED) is 0.605. The topological polar surface area (TPSA) is 58.5 Å². The lowest BCUT2D eigenvalue weighted by atomic mass is 10.3. The minimum atomic E-state index is -0.359. The van der Waals surface area contributed by atoms with Crippen LogP contribution in [0, 0.1) is 5.82 Å². The molecule has 0 aliphatic carbocycles. The van der Waals surface area contributed by atoms with Crippen molar-refractivity contribution in [1.29, 1.82) is 0 Å². The summed E-state index contributed by atoms with van der Waals surface area (Å²) in [6.07, 6.45) is 2.39. The minimum absolute atomic E-state index is 0.198. The Morgan fingerprint density at radius 1 is 1.21 bits per heavy atom. The van der Waals surface area contributed by atoms with Crippen molar-refractivity contribution < 1.29 is 9.13 Å². The van der Waals surface area contributed by atoms with Gasteiger partial charge in [-0.1, -0.05) is 18.2 Å². The molecule has 0 radical (unpaired) electrons. The van der Waals surface area contributed by atoms with Gasteiger partial charge in [0.1, 0.15) is 6.10 Å². The summed E-state index contributed by atoms with van der Waals surface area (Å²) in [6, 6.07) is 12.2. The molecule has 1 unspecified atom stereocenters. The van der Waals surface area contributed by atoms with Crippen molar-refractivity contribution in [3.63, 3.8) is 0 Å². The number of benzene rings is 1. The van der Waals surface area contributed by atoms with E-state index in [1.165, 1.54) is 6.07 Å². The molecule has 5 nitrogen and oxygen atoms in total. The summed E-state index contributed by atoms with van der Waals surface area (Å²) in [4.78, 5) is 8.44. The monoisotopic (exact) mass is 330 g/mol. The van der Waals surface area contributed by atoms with Gasteiger partial charge in [0, 0.05) is 31.9 Å². The first-order valence-corrected chi connectivity index (χ1v) is 7.94. The fraction of sp³-hybridized carbons (Fsp3) is 0.333. The predicted molar refractivity (Wildman–Crippen MR) is 93.8 cm³/mol. The first-order valence-electron chi connectivity index (χ1n) is 7.94. The smallest absolute Gasteiger partial charge is 0.191 e. The van der Waals surface area contributed by atoms with E-state index >= 15 is 0 Å². The van der Waals surface area contributed by atoms with E-state index in [1.807, 2.05) is 25.1 Å². The van der Waals surface area contributed by atoms with E-state index in [1.54, 1.807) is 31.4 Å². The number of ether oxygens (including phenoxy) is 1. The second kappa shape index (κ2) is 9.50. The van der Waals surface area contributed by atoms with Crippen LogP contribution >= 0.6 is 0 Å². The van der Waals surface area contributed by atoms with Crippen LogP contribution in [0.25, 0.3) is 0 Å². The fourth-order valence-corrected chi connectivity index (χ4v) is 2.11. The lowest BCUT2D eigenvalue weighted by Gasteiger charge is -2.18. The van der Waals surface area contributed by atoms with Gasteiger partial charge >= 0.3 is 0 Å². The van der Waals surface area contributed by atoms with E-state index < -0.39 is 0 Å². The first-order chi connectivity index (χ1) is 11.7. The van der Waals surface area contributed by atoms with Crippen molar-refractivity contribution >= 4 is 5.96 Å². The molecule has 128 valence electrons. The minimum Gasteiger partial charge on any atom is -0.486 e. The molecule has 1 heterocycles. The molecule has 6 heteroatoms. The van der Waals surface area contributed by atoms with Crippen molar-refractivity contribution in [2.75, 3.05) is 20.1 Å². The van der Waals surface area contributed by atoms with Crippen molar-refractivity contribution in [3.8, 4) is 5.75 Å². The molecule has 0 spiro atoms. The summed E-state index contributed by atoms with van der Waals surface area (Å²) in [5.74, 6) is 0.571. The highest BCUT2D eigenvalue weighted by molar-refractivity contribution is 5.79. The van der Waals surface area contributed by atoms with Gasteiger partial charge in [0.2, 0.25) is 0 Å². The zero-order chi connectivity index (χ0) is 17.2. The Kier molecular flexibility index (Phi) is 7.01. The lowest BCUT2D eigenvalue weighted by molar-refractivity contribution is 0.214. The number of para-hydroxylation sites is 1. The highest BCUT2D eigenvalue weighted by atomic mass is 19.1. The molecule has 0 saturated carbocycles. The van der Waals surface area contributed by atoms with E-state index in [2.05, 4.69) is 20.6 Å². The van der Waals surface area contributed by atoms with Crippen molar-refractivity contribution in [3.05, 3.63) is 60.2 Å². The average Bonchev–Trinajstić information content (AvgIpc) is 2.61. The largest absolute Gasteiger partial charge is 0.486 e. The van der Waals surface area contributed by atoms with Gasteiger partial charge in [0.15, 0.2) is 17.5 Å². The zero-order valence-electron chi connectivity index (χ0n) is 14.0. The van der Waals surface area contributed by atoms with E-state index in [0.717, 1.165) is 18.7 Å². The molecule has 0 bridgehead atoms. The Morgan fingerprint density at radius 2 is 2.00 bits per heavy atom. The summed E-state index contributed by atoms with van der Waals surface area (Å²) in [7, 11) is 1.71. The Hall–Kier alpha value is -2.63. The number of aliphatic imine (C=N–C) groups is 1. The summed E-state index contributed by atoms with van der Waals surface area (Å²) < 4.78 is 19.1. The Morgan fingerprint density at radius 3 is 2.71 bits per heavy atom. The van der Waals surface area contributed by atoms with Crippen LogP contribution in [-0.2, 0) is 6.42 Å². The molecule has 2 aromatic rings. The SMILES string of the molecule is CN=C(NCCc1ccccn1)NCC(C)Oc1ccccc1F. The maximum atomic E-state index is 13.6. The Balaban J connectivity index is 1.72. The van der Waals surface area contributed by atoms with Crippen LogP contribution in [0.5, 0.6) is 5.75 Å². The first kappa shape index (κ1) is 17.7. The number of nitrogens with zero attached hydrogens (tertiary/aromatic N) is 2. The van der Waals surface area contributed by atoms with Crippen LogP contribution in [0.3, 0.4) is 0 Å². The third-order valence-corrected chi connectivity index (χ3v) is 3.35. The van der Waals surface area contributed by atoms with Crippen LogP contribution in [0.1, 0.15) is 12.6 Å². The summed E-state index contributed by atoms with van der Waals surface area (Å²) in [6.45, 7) is 3.11. The second-order valence-corrected chi connectivity index (χ2v) is 5.31. The standard InChI is InChI=1S/C18H23FN4O/c1-14(24-17-9-4-3-8-16(17)19)13-23-18(20-2)22-12-10-15-7-5-6-11-21-15/h3-9,11,14H,10,12-13H2,1-2H3,(H2,20,22,23). The van der Waals surface area contributed by atoms with Gasteiger partial charge in [-0.05, 0) is 31.2 Å². The summed E-state index contributed by atoms with van der Waals surface area (Å²) in [5, 5.41) is 6.38. The molecule has 1 aromatic heterocycles. The van der Waals surface area contributed by atoms with Crippen LogP contribution in [0.4, 0.5) is 4.39 Å². The average molecular weight is 330 g/mol. The zero-order valence-corrected chi connectivity index (χ0v) is 14.0. The predicted octanol–water partition coefficient (Wildman–Crippen LogP) is 2.40. The second-order valence-electron chi connectivity index (χ2n) is 5.31. The molecule has 24 heavy (non-hydrogen) atoms. The van der Waals surface area contributed by atoms with Gasteiger partial charge < -0.3 is 15.4 Å². The van der Waals surface area contributed by atoms with Gasteiger partial charge in [-0.3, -0.25) is 9.98 Å². The van der Waals surface area contributed by atoms with E-state index in [9.17, 15) is 4.39 Å². The van der Waals surface area contributed by atoms with Gasteiger partial charge in [-0.2, -0.15) is 0 Å². The van der Waals surface area contributed by atoms with Crippen LogP contribution in [-0.4, -0.2) is 37.2 Å². The van der Waals surface area contributed by atoms with Gasteiger partial charge in [0.05, 0.1) is 6.54 Å². The summed E-state index contributed by atoms with van der Waals surface area (Å²) >= 11 is 0. The van der Waals surface area contributed by atoms with Crippen LogP contribution < -0.4 is 15.4 Å². The van der Waals surface area contributed by atoms with Crippen LogP contribution in [0.2, 0.25) is 0 Å². The Labute approximate surface area is 142 Å². The fourth-order valence-electron chi connectivity index (χ4n) is 2.11. The normalized spacial score (nSPS) is 12.5. The van der Waals surface area contributed by atoms with Gasteiger partial charge in [-0.15, -0.1) is 0 Å². The van der Waals surface area contributed by atoms with Crippen molar-refractivity contribution in [2.24, 2.45) is 4.99 Å². The lowest BCUT2D eigenvalue weighted by Crippen LogP contribution is -2.42. The number of hydrogen-bond donors (Lipinski definition) is 2. The third-order valence-electron chi connectivity index (χ3n) is 3.35. The van der Waals surface area contributed by atoms with E-state index in [-0.39, 0.29) is 17.7 Å². The number of nitrogens with one attached hydrogen (secondary N) is 2. The van der Waals surface area contributed by atoms with Crippen molar-refractivity contribution in [2.45, 2.75) is 19.4 Å². The van der Waals surface area contributed by atoms with Gasteiger partial charge in [0.25, 0.3) is 0 Å². The molecule has 2 rings (SSSR count). The van der Waals surface area contributed by atoms with Crippen molar-refractivity contribution in [1.82, 2.24) is 15.6 Å². The number of guanidine groups is 1. The molecule has 0 aliphatic heterocycles. The maximum absolute atomic E-state index is 13.6. The number of pyridine rings is 1. The highest BCUT2D eigenvalue weighted by Gasteiger charge is 2.08. The number of hydrogen-bond acceptors (Lipinski definition) is 3. The molecule has 0 fully saturated rings. The molecule has 1 atom stereocenters. The van der Waals surface area contributed by atoms with E-state index in [4.69, 9.17) is 4.74 Å². The molecular formula is C18H23FN4O. The number of halogens is 1. The molecule has 0 amide bonds. The molecule has 0 saturated heterocycles. The summed E-state index contributed by atoms with van der Waals surface area (Å²) in [5.41, 5.74) is 1.02. The molecule has 0 aliphatic rings. The Bertz CT molecular complexity index is 648.